The zero-order chi connectivity index (χ0) is 25.8. The predicted octanol–water partition coefficient (Wildman–Crippen LogP) is 5.98. The molecule has 0 amide bonds. The maximum Gasteiger partial charge on any atom is 0.306 e. The minimum Gasteiger partial charge on any atom is -0.481 e. The highest BCUT2D eigenvalue weighted by atomic mass is 19.2. The molecule has 0 radical (unpaired) electrons. The van der Waals surface area contributed by atoms with Gasteiger partial charge in [0.2, 0.25) is 5.82 Å². The first-order valence-electron chi connectivity index (χ1n) is 12.0. The third-order valence-corrected chi connectivity index (χ3v) is 7.40. The maximum absolute atomic E-state index is 15.1. The molecule has 0 bridgehead atoms. The molecule has 2 aliphatic rings. The Bertz CT molecular complexity index is 1550. The number of benzene rings is 3. The van der Waals surface area contributed by atoms with Crippen molar-refractivity contribution in [2.45, 2.75) is 38.9 Å². The molecule has 1 N–H and O–H groups in total. The molecule has 6 rings (SSSR count). The van der Waals surface area contributed by atoms with Gasteiger partial charge in [0, 0.05) is 30.3 Å². The third-order valence-electron chi connectivity index (χ3n) is 7.40. The van der Waals surface area contributed by atoms with Crippen molar-refractivity contribution >= 4 is 5.97 Å². The number of aromatic nitrogens is 2. The number of aliphatic carboxylic acids is 1. The molecule has 9 heteroatoms. The Hall–Kier alpha value is -3.98. The number of carboxylic acids is 1. The molecular weight excluding hydrogens is 483 g/mol. The van der Waals surface area contributed by atoms with Crippen molar-refractivity contribution < 1.29 is 27.6 Å². The van der Waals surface area contributed by atoms with Crippen molar-refractivity contribution in [3.8, 4) is 34.0 Å². The van der Waals surface area contributed by atoms with Gasteiger partial charge in [0.05, 0.1) is 11.5 Å². The van der Waals surface area contributed by atoms with Crippen LogP contribution in [0.15, 0.2) is 53.1 Å². The molecule has 1 saturated carbocycles. The number of halogens is 3. The fourth-order valence-electron chi connectivity index (χ4n) is 5.20. The Morgan fingerprint density at radius 3 is 2.54 bits per heavy atom. The van der Waals surface area contributed by atoms with E-state index in [2.05, 4.69) is 15.0 Å². The summed E-state index contributed by atoms with van der Waals surface area (Å²) in [5.41, 5.74) is 3.83. The van der Waals surface area contributed by atoms with Crippen LogP contribution in [0.2, 0.25) is 0 Å². The first-order valence-corrected chi connectivity index (χ1v) is 12.0. The molecule has 1 fully saturated rings. The molecule has 6 nitrogen and oxygen atoms in total. The average Bonchev–Trinajstić information content (AvgIpc) is 3.48. The van der Waals surface area contributed by atoms with E-state index >= 15 is 4.39 Å². The van der Waals surface area contributed by atoms with Crippen LogP contribution < -0.4 is 0 Å². The molecule has 2 heterocycles. The summed E-state index contributed by atoms with van der Waals surface area (Å²) in [6.45, 7) is 3.16. The fourth-order valence-corrected chi connectivity index (χ4v) is 5.20. The van der Waals surface area contributed by atoms with Gasteiger partial charge in [-0.2, -0.15) is 4.98 Å². The molecule has 1 aliphatic heterocycles. The molecule has 1 aromatic heterocycles. The summed E-state index contributed by atoms with van der Waals surface area (Å²) in [6.07, 6.45) is 1.33. The van der Waals surface area contributed by atoms with Gasteiger partial charge in [0.15, 0.2) is 11.6 Å². The van der Waals surface area contributed by atoms with Crippen LogP contribution in [0.25, 0.3) is 34.0 Å². The first kappa shape index (κ1) is 23.4. The standard InChI is InChI=1S/C28H22F3N3O3/c1-14-7-22(24(30)11-21(14)20-3-2-4-23(29)25(20)31)27-32-26(33-37-27)15-5-6-16-12-34(13-18(16)8-15)19-9-17(10-19)28(35)36/h2-8,11,17,19H,9-10,12-13H2,1H3,(H,35,36)/t17-,19-. The lowest BCUT2D eigenvalue weighted by Gasteiger charge is -2.39. The fraction of sp³-hybridized carbons (Fsp3) is 0.250. The van der Waals surface area contributed by atoms with Gasteiger partial charge in [-0.15, -0.1) is 0 Å². The summed E-state index contributed by atoms with van der Waals surface area (Å²) in [6, 6.07) is 12.5. The van der Waals surface area contributed by atoms with E-state index in [9.17, 15) is 13.6 Å². The Morgan fingerprint density at radius 1 is 0.973 bits per heavy atom. The van der Waals surface area contributed by atoms with Gasteiger partial charge in [-0.25, -0.2) is 13.2 Å². The Kier molecular flexibility index (Phi) is 5.60. The van der Waals surface area contributed by atoms with Crippen molar-refractivity contribution in [3.05, 3.63) is 82.7 Å². The van der Waals surface area contributed by atoms with Gasteiger partial charge in [0.1, 0.15) is 5.82 Å². The van der Waals surface area contributed by atoms with Crippen molar-refractivity contribution in [3.63, 3.8) is 0 Å². The lowest BCUT2D eigenvalue weighted by molar-refractivity contribution is -0.147. The van der Waals surface area contributed by atoms with Gasteiger partial charge in [-0.3, -0.25) is 9.69 Å². The summed E-state index contributed by atoms with van der Waals surface area (Å²) in [5.74, 6) is -3.42. The predicted molar refractivity (Wildman–Crippen MR) is 129 cm³/mol. The summed E-state index contributed by atoms with van der Waals surface area (Å²) < 4.78 is 48.4. The normalized spacial score (nSPS) is 19.0. The number of aryl methyl sites for hydroxylation is 1. The van der Waals surface area contributed by atoms with E-state index in [1.807, 2.05) is 18.2 Å². The molecule has 37 heavy (non-hydrogen) atoms. The minimum absolute atomic E-state index is 0.0156. The van der Waals surface area contributed by atoms with Gasteiger partial charge in [0.25, 0.3) is 5.89 Å². The summed E-state index contributed by atoms with van der Waals surface area (Å²) in [5, 5.41) is 13.2. The first-order chi connectivity index (χ1) is 17.8. The highest BCUT2D eigenvalue weighted by Crippen LogP contribution is 2.38. The molecule has 0 atom stereocenters. The number of carbonyl (C=O) groups is 1. The number of hydrogen-bond donors (Lipinski definition) is 1. The Morgan fingerprint density at radius 2 is 1.76 bits per heavy atom. The topological polar surface area (TPSA) is 79.5 Å². The second-order valence-corrected chi connectivity index (χ2v) is 9.72. The Balaban J connectivity index is 1.23. The van der Waals surface area contributed by atoms with Crippen LogP contribution >= 0.6 is 0 Å². The van der Waals surface area contributed by atoms with Crippen LogP contribution in [0, 0.1) is 30.3 Å². The third kappa shape index (κ3) is 4.09. The molecule has 0 spiro atoms. The second kappa shape index (κ2) is 8.85. The molecule has 1 aliphatic carbocycles. The van der Waals surface area contributed by atoms with Crippen LogP contribution in [0.4, 0.5) is 13.2 Å². The number of carboxylic acid groups (broad SMARTS) is 1. The van der Waals surface area contributed by atoms with Crippen LogP contribution in [0.5, 0.6) is 0 Å². The lowest BCUT2D eigenvalue weighted by Crippen LogP contribution is -2.44. The zero-order valence-corrected chi connectivity index (χ0v) is 19.8. The monoisotopic (exact) mass is 505 g/mol. The summed E-state index contributed by atoms with van der Waals surface area (Å²) >= 11 is 0. The van der Waals surface area contributed by atoms with Gasteiger partial charge < -0.3 is 9.63 Å². The van der Waals surface area contributed by atoms with Gasteiger partial charge in [-0.1, -0.05) is 29.4 Å². The quantitative estimate of drug-likeness (QED) is 0.360. The smallest absolute Gasteiger partial charge is 0.306 e. The zero-order valence-electron chi connectivity index (χ0n) is 19.8. The lowest BCUT2D eigenvalue weighted by atomic mass is 9.79. The van der Waals surface area contributed by atoms with E-state index in [-0.39, 0.29) is 34.5 Å². The Labute approximate surface area is 210 Å². The average molecular weight is 505 g/mol. The molecule has 4 aromatic rings. The number of nitrogens with zero attached hydrogens (tertiary/aromatic N) is 3. The van der Waals surface area contributed by atoms with Crippen LogP contribution in [0.3, 0.4) is 0 Å². The van der Waals surface area contributed by atoms with E-state index in [4.69, 9.17) is 9.63 Å². The van der Waals surface area contributed by atoms with Crippen molar-refractivity contribution in [2.24, 2.45) is 5.92 Å². The van der Waals surface area contributed by atoms with E-state index in [0.717, 1.165) is 36.3 Å². The van der Waals surface area contributed by atoms with E-state index in [0.29, 0.717) is 24.2 Å². The van der Waals surface area contributed by atoms with Crippen molar-refractivity contribution in [1.82, 2.24) is 15.0 Å². The highest BCUT2D eigenvalue weighted by Gasteiger charge is 2.39. The SMILES string of the molecule is Cc1cc(-c2nc(-c3ccc4c(c3)CN([C@H]3C[C@H](C(=O)O)C3)C4)no2)c(F)cc1-c1cccc(F)c1F. The van der Waals surface area contributed by atoms with Crippen LogP contribution in [0.1, 0.15) is 29.5 Å². The van der Waals surface area contributed by atoms with Crippen molar-refractivity contribution in [1.29, 1.82) is 0 Å². The second-order valence-electron chi connectivity index (χ2n) is 9.72. The van der Waals surface area contributed by atoms with Crippen LogP contribution in [-0.4, -0.2) is 32.2 Å². The number of hydrogen-bond acceptors (Lipinski definition) is 5. The summed E-state index contributed by atoms with van der Waals surface area (Å²) in [7, 11) is 0. The van der Waals surface area contributed by atoms with E-state index in [1.54, 1.807) is 6.92 Å². The number of rotatable bonds is 5. The molecule has 0 unspecified atom stereocenters. The maximum atomic E-state index is 15.1. The number of fused-ring (bicyclic) bond motifs is 1. The molecule has 188 valence electrons. The van der Waals surface area contributed by atoms with Crippen molar-refractivity contribution in [2.75, 3.05) is 0 Å². The van der Waals surface area contributed by atoms with Gasteiger partial charge >= 0.3 is 5.97 Å². The summed E-state index contributed by atoms with van der Waals surface area (Å²) in [4.78, 5) is 17.8. The van der Waals surface area contributed by atoms with E-state index < -0.39 is 23.4 Å². The molecule has 0 saturated heterocycles. The van der Waals surface area contributed by atoms with E-state index in [1.165, 1.54) is 23.8 Å². The highest BCUT2D eigenvalue weighted by molar-refractivity contribution is 5.73. The minimum atomic E-state index is -1.04. The van der Waals surface area contributed by atoms with Crippen LogP contribution in [-0.2, 0) is 17.9 Å². The molecular formula is C28H22F3N3O3. The largest absolute Gasteiger partial charge is 0.481 e. The van der Waals surface area contributed by atoms with Gasteiger partial charge in [-0.05, 0) is 66.3 Å². The molecule has 3 aromatic carbocycles.